The molecule has 0 aliphatic rings. The fourth-order valence-electron chi connectivity index (χ4n) is 9.05. The Morgan fingerprint density at radius 3 is 0.985 bits per heavy atom. The van der Waals surface area contributed by atoms with Crippen LogP contribution < -0.4 is 5.32 Å². The standard InChI is InChI=1S/C61H115NO3/c1-3-5-7-9-11-13-15-17-19-21-23-24-25-26-27-28-29-30-31-32-33-34-35-36-37-38-39-41-43-45-47-49-51-53-55-57-61(65)62-59(58-63)60(64)56-54-52-50-48-46-44-42-40-22-20-18-16-14-12-10-8-6-4-2/h25-26,28-29,46,48,54,56,59-60,63-64H,3-24,27,30-45,47,49-53,55,57-58H2,1-2H3,(H,62,65)/b26-25-,29-28-,48-46+,56-54+. The van der Waals surface area contributed by atoms with Crippen molar-refractivity contribution in [1.82, 2.24) is 5.32 Å². The smallest absolute Gasteiger partial charge is 0.220 e. The van der Waals surface area contributed by atoms with Crippen LogP contribution in [0.15, 0.2) is 48.6 Å². The minimum absolute atomic E-state index is 0.0702. The lowest BCUT2D eigenvalue weighted by molar-refractivity contribution is -0.123. The highest BCUT2D eigenvalue weighted by Gasteiger charge is 2.18. The first-order chi connectivity index (χ1) is 32.2. The number of aliphatic hydroxyl groups is 2. The zero-order valence-corrected chi connectivity index (χ0v) is 44.0. The van der Waals surface area contributed by atoms with Gasteiger partial charge in [0.15, 0.2) is 0 Å². The Morgan fingerprint density at radius 2 is 0.646 bits per heavy atom. The molecule has 0 heterocycles. The van der Waals surface area contributed by atoms with Gasteiger partial charge in [-0.15, -0.1) is 0 Å². The van der Waals surface area contributed by atoms with Gasteiger partial charge >= 0.3 is 0 Å². The van der Waals surface area contributed by atoms with Crippen LogP contribution >= 0.6 is 0 Å². The van der Waals surface area contributed by atoms with Crippen molar-refractivity contribution in [3.63, 3.8) is 0 Å². The molecule has 0 aromatic rings. The van der Waals surface area contributed by atoms with Gasteiger partial charge in [-0.05, 0) is 64.2 Å². The Kier molecular flexibility index (Phi) is 55.2. The van der Waals surface area contributed by atoms with Gasteiger partial charge in [0.25, 0.3) is 0 Å². The third-order valence-electron chi connectivity index (χ3n) is 13.5. The Balaban J connectivity index is 3.47. The molecule has 0 aliphatic carbocycles. The molecule has 4 heteroatoms. The normalized spacial score (nSPS) is 13.1. The van der Waals surface area contributed by atoms with Crippen molar-refractivity contribution in [2.75, 3.05) is 6.61 Å². The summed E-state index contributed by atoms with van der Waals surface area (Å²) in [5.41, 5.74) is 0. The molecule has 0 saturated heterocycles. The third-order valence-corrected chi connectivity index (χ3v) is 13.5. The van der Waals surface area contributed by atoms with Crippen molar-refractivity contribution in [3.05, 3.63) is 48.6 Å². The summed E-state index contributed by atoms with van der Waals surface area (Å²) in [5.74, 6) is -0.0702. The molecular formula is C61H115NO3. The number of nitrogens with one attached hydrogen (secondary N) is 1. The highest BCUT2D eigenvalue weighted by Crippen LogP contribution is 2.17. The Labute approximate surface area is 407 Å². The van der Waals surface area contributed by atoms with E-state index in [4.69, 9.17) is 0 Å². The number of amides is 1. The third kappa shape index (κ3) is 53.2. The van der Waals surface area contributed by atoms with Crippen molar-refractivity contribution in [2.45, 2.75) is 328 Å². The summed E-state index contributed by atoms with van der Waals surface area (Å²) < 4.78 is 0. The van der Waals surface area contributed by atoms with Crippen LogP contribution in [-0.2, 0) is 4.79 Å². The largest absolute Gasteiger partial charge is 0.394 e. The van der Waals surface area contributed by atoms with Crippen molar-refractivity contribution < 1.29 is 15.0 Å². The van der Waals surface area contributed by atoms with Gasteiger partial charge in [0.2, 0.25) is 5.91 Å². The van der Waals surface area contributed by atoms with Crippen LogP contribution in [-0.4, -0.2) is 34.9 Å². The highest BCUT2D eigenvalue weighted by molar-refractivity contribution is 5.76. The molecule has 0 fully saturated rings. The molecular weight excluding hydrogens is 795 g/mol. The Hall–Kier alpha value is -1.65. The second kappa shape index (κ2) is 56.7. The number of carbonyl (C=O) groups is 1. The lowest BCUT2D eigenvalue weighted by Crippen LogP contribution is -2.45. The van der Waals surface area contributed by atoms with Gasteiger partial charge in [0.1, 0.15) is 0 Å². The molecule has 0 aromatic carbocycles. The lowest BCUT2D eigenvalue weighted by atomic mass is 10.0. The number of carbonyl (C=O) groups excluding carboxylic acids is 1. The fourth-order valence-corrected chi connectivity index (χ4v) is 9.05. The molecule has 4 nitrogen and oxygen atoms in total. The number of aliphatic hydroxyl groups excluding tert-OH is 2. The van der Waals surface area contributed by atoms with E-state index in [0.717, 1.165) is 38.5 Å². The number of hydrogen-bond acceptors (Lipinski definition) is 3. The zero-order chi connectivity index (χ0) is 47.0. The Bertz CT molecular complexity index is 1030. The van der Waals surface area contributed by atoms with Crippen LogP contribution in [0.4, 0.5) is 0 Å². The molecule has 0 aromatic heterocycles. The maximum Gasteiger partial charge on any atom is 0.220 e. The summed E-state index contributed by atoms with van der Waals surface area (Å²) in [4.78, 5) is 12.5. The van der Waals surface area contributed by atoms with Gasteiger partial charge < -0.3 is 15.5 Å². The van der Waals surface area contributed by atoms with Crippen molar-refractivity contribution in [3.8, 4) is 0 Å². The van der Waals surface area contributed by atoms with E-state index in [2.05, 4.69) is 55.6 Å². The Morgan fingerprint density at radius 1 is 0.369 bits per heavy atom. The van der Waals surface area contributed by atoms with Gasteiger partial charge in [-0.3, -0.25) is 4.79 Å². The quantitative estimate of drug-likeness (QED) is 0.0421. The molecule has 2 atom stereocenters. The number of rotatable bonds is 54. The van der Waals surface area contributed by atoms with Crippen LogP contribution in [0.3, 0.4) is 0 Å². The van der Waals surface area contributed by atoms with E-state index in [1.54, 1.807) is 6.08 Å². The van der Waals surface area contributed by atoms with Crippen LogP contribution in [0.5, 0.6) is 0 Å². The molecule has 2 unspecified atom stereocenters. The summed E-state index contributed by atoms with van der Waals surface area (Å²) >= 11 is 0. The second-order valence-electron chi connectivity index (χ2n) is 20.1. The molecule has 1 amide bonds. The summed E-state index contributed by atoms with van der Waals surface area (Å²) in [6.45, 7) is 4.32. The van der Waals surface area contributed by atoms with E-state index in [1.165, 1.54) is 257 Å². The van der Waals surface area contributed by atoms with Gasteiger partial charge in [0.05, 0.1) is 18.8 Å². The first-order valence-electron chi connectivity index (χ1n) is 29.4. The SMILES string of the molecule is CCCCCCCCCCCCC/C=C\C/C=C\CCCCCCCCCCCCCCCCCCCC(=O)NC(CO)C(O)/C=C/CC/C=C/CCCCCCCCCCCCCC. The van der Waals surface area contributed by atoms with Gasteiger partial charge in [-0.1, -0.05) is 294 Å². The van der Waals surface area contributed by atoms with Crippen LogP contribution in [0.1, 0.15) is 316 Å². The van der Waals surface area contributed by atoms with Gasteiger partial charge in [0, 0.05) is 6.42 Å². The van der Waals surface area contributed by atoms with Crippen LogP contribution in [0.25, 0.3) is 0 Å². The zero-order valence-electron chi connectivity index (χ0n) is 44.0. The summed E-state index contributed by atoms with van der Waals surface area (Å²) in [7, 11) is 0. The number of unbranched alkanes of at least 4 members (excludes halogenated alkanes) is 41. The summed E-state index contributed by atoms with van der Waals surface area (Å²) in [6.07, 6.45) is 78.6. The molecule has 382 valence electrons. The van der Waals surface area contributed by atoms with Crippen molar-refractivity contribution >= 4 is 5.91 Å². The average Bonchev–Trinajstić information content (AvgIpc) is 3.31. The van der Waals surface area contributed by atoms with Gasteiger partial charge in [-0.2, -0.15) is 0 Å². The minimum atomic E-state index is -0.862. The molecule has 3 N–H and O–H groups in total. The van der Waals surface area contributed by atoms with E-state index in [-0.39, 0.29) is 12.5 Å². The predicted octanol–water partition coefficient (Wildman–Crippen LogP) is 19.4. The topological polar surface area (TPSA) is 69.6 Å². The van der Waals surface area contributed by atoms with Crippen LogP contribution in [0.2, 0.25) is 0 Å². The van der Waals surface area contributed by atoms with E-state index < -0.39 is 12.1 Å². The second-order valence-corrected chi connectivity index (χ2v) is 20.1. The monoisotopic (exact) mass is 910 g/mol. The molecule has 65 heavy (non-hydrogen) atoms. The molecule has 0 rings (SSSR count). The van der Waals surface area contributed by atoms with E-state index >= 15 is 0 Å². The van der Waals surface area contributed by atoms with Gasteiger partial charge in [-0.25, -0.2) is 0 Å². The molecule has 0 spiro atoms. The maximum atomic E-state index is 12.5. The minimum Gasteiger partial charge on any atom is -0.394 e. The lowest BCUT2D eigenvalue weighted by Gasteiger charge is -2.19. The number of hydrogen-bond donors (Lipinski definition) is 3. The maximum absolute atomic E-state index is 12.5. The van der Waals surface area contributed by atoms with E-state index in [9.17, 15) is 15.0 Å². The molecule has 0 aliphatic heterocycles. The number of allylic oxidation sites excluding steroid dienone is 7. The van der Waals surface area contributed by atoms with E-state index in [1.807, 2.05) is 6.08 Å². The molecule has 0 saturated carbocycles. The van der Waals surface area contributed by atoms with Crippen LogP contribution in [0, 0.1) is 0 Å². The summed E-state index contributed by atoms with van der Waals surface area (Å²) in [6, 6.07) is -0.639. The summed E-state index contributed by atoms with van der Waals surface area (Å²) in [5, 5.41) is 23.1. The van der Waals surface area contributed by atoms with Crippen molar-refractivity contribution in [2.24, 2.45) is 0 Å². The van der Waals surface area contributed by atoms with Crippen molar-refractivity contribution in [1.29, 1.82) is 0 Å². The fraction of sp³-hybridized carbons (Fsp3) is 0.852. The molecule has 0 bridgehead atoms. The average molecular weight is 911 g/mol. The molecule has 0 radical (unpaired) electrons. The first kappa shape index (κ1) is 63.4. The predicted molar refractivity (Wildman–Crippen MR) is 290 cm³/mol. The highest BCUT2D eigenvalue weighted by atomic mass is 16.3. The van der Waals surface area contributed by atoms with E-state index in [0.29, 0.717) is 6.42 Å². The first-order valence-corrected chi connectivity index (χ1v) is 29.4.